The van der Waals surface area contributed by atoms with E-state index in [1.165, 1.54) is 0 Å². The molecule has 0 fully saturated rings. The molecule has 0 heterocycles. The van der Waals surface area contributed by atoms with Crippen molar-refractivity contribution in [3.63, 3.8) is 0 Å². The van der Waals surface area contributed by atoms with Gasteiger partial charge in [-0.3, -0.25) is 0 Å². The molecule has 62 valence electrons. The lowest BCUT2D eigenvalue weighted by Gasteiger charge is -2.20. The Hall–Kier alpha value is 0.270. The predicted molar refractivity (Wildman–Crippen MR) is 47.6 cm³/mol. The van der Waals surface area contributed by atoms with Gasteiger partial charge in [0.05, 0.1) is 6.61 Å². The number of hydrogen-bond acceptors (Lipinski definition) is 3. The van der Waals surface area contributed by atoms with E-state index in [0.717, 1.165) is 11.5 Å². The van der Waals surface area contributed by atoms with E-state index in [1.54, 1.807) is 0 Å². The van der Waals surface area contributed by atoms with Gasteiger partial charge in [-0.25, -0.2) is 0 Å². The van der Waals surface area contributed by atoms with Gasteiger partial charge in [-0.05, 0) is 19.8 Å². The first kappa shape index (κ1) is 10.3. The third-order valence-corrected chi connectivity index (χ3v) is 2.48. The molecule has 0 aliphatic carbocycles. The number of thioether (sulfide) groups is 1. The van der Waals surface area contributed by atoms with Gasteiger partial charge in [0, 0.05) is 11.8 Å². The van der Waals surface area contributed by atoms with E-state index >= 15 is 0 Å². The zero-order chi connectivity index (χ0) is 7.98. The van der Waals surface area contributed by atoms with E-state index in [9.17, 15) is 0 Å². The molecule has 0 aliphatic rings. The minimum Gasteiger partial charge on any atom is -0.395 e. The molecule has 10 heavy (non-hydrogen) atoms. The lowest BCUT2D eigenvalue weighted by molar-refractivity contribution is 0.185. The minimum atomic E-state index is 0.264. The topological polar surface area (TPSA) is 23.5 Å². The highest BCUT2D eigenvalue weighted by Gasteiger charge is 2.07. The SMILES string of the molecule is CCSCC(CO)N(C)C. The second kappa shape index (κ2) is 6.01. The number of likely N-dealkylation sites (N-methyl/N-ethyl adjacent to an activating group) is 1. The van der Waals surface area contributed by atoms with Gasteiger partial charge in [-0.15, -0.1) is 0 Å². The molecular formula is C7H17NOS. The molecule has 0 radical (unpaired) electrons. The predicted octanol–water partition coefficient (Wildman–Crippen LogP) is 0.662. The Morgan fingerprint density at radius 2 is 2.10 bits per heavy atom. The quantitative estimate of drug-likeness (QED) is 0.644. The summed E-state index contributed by atoms with van der Waals surface area (Å²) in [4.78, 5) is 2.06. The lowest BCUT2D eigenvalue weighted by Crippen LogP contribution is -2.33. The van der Waals surface area contributed by atoms with E-state index in [2.05, 4.69) is 11.8 Å². The van der Waals surface area contributed by atoms with Crippen LogP contribution in [0, 0.1) is 0 Å². The van der Waals surface area contributed by atoms with E-state index in [1.807, 2.05) is 25.9 Å². The summed E-state index contributed by atoms with van der Waals surface area (Å²) >= 11 is 1.87. The molecule has 0 aliphatic heterocycles. The molecule has 2 nitrogen and oxygen atoms in total. The second-order valence-corrected chi connectivity index (χ2v) is 3.78. The van der Waals surface area contributed by atoms with Crippen molar-refractivity contribution in [2.75, 3.05) is 32.2 Å². The van der Waals surface area contributed by atoms with Crippen molar-refractivity contribution in [2.24, 2.45) is 0 Å². The summed E-state index contributed by atoms with van der Waals surface area (Å²) in [5, 5.41) is 8.87. The van der Waals surface area contributed by atoms with Crippen molar-refractivity contribution in [1.82, 2.24) is 4.90 Å². The highest BCUT2D eigenvalue weighted by atomic mass is 32.2. The Bertz CT molecular complexity index is 78.0. The first-order valence-corrected chi connectivity index (χ1v) is 4.72. The number of rotatable bonds is 5. The monoisotopic (exact) mass is 163 g/mol. The van der Waals surface area contributed by atoms with Crippen LogP contribution < -0.4 is 0 Å². The largest absolute Gasteiger partial charge is 0.395 e. The van der Waals surface area contributed by atoms with Crippen molar-refractivity contribution in [3.05, 3.63) is 0 Å². The Labute approximate surface area is 67.6 Å². The molecule has 3 heteroatoms. The van der Waals surface area contributed by atoms with Gasteiger partial charge in [0.2, 0.25) is 0 Å². The van der Waals surface area contributed by atoms with Crippen molar-refractivity contribution < 1.29 is 5.11 Å². The number of nitrogens with zero attached hydrogens (tertiary/aromatic N) is 1. The van der Waals surface area contributed by atoms with Crippen LogP contribution >= 0.6 is 11.8 Å². The maximum atomic E-state index is 8.87. The van der Waals surface area contributed by atoms with Crippen LogP contribution in [-0.4, -0.2) is 48.3 Å². The van der Waals surface area contributed by atoms with E-state index in [0.29, 0.717) is 6.04 Å². The Balaban J connectivity index is 3.40. The Kier molecular flexibility index (Phi) is 6.17. The third kappa shape index (κ3) is 4.14. The van der Waals surface area contributed by atoms with E-state index in [-0.39, 0.29) is 6.61 Å². The number of aliphatic hydroxyl groups is 1. The summed E-state index contributed by atoms with van der Waals surface area (Å²) < 4.78 is 0. The van der Waals surface area contributed by atoms with Gasteiger partial charge >= 0.3 is 0 Å². The molecule has 0 bridgehead atoms. The fourth-order valence-corrected chi connectivity index (χ4v) is 1.53. The molecule has 1 atom stereocenters. The summed E-state index contributed by atoms with van der Waals surface area (Å²) in [6, 6.07) is 0.324. The smallest absolute Gasteiger partial charge is 0.0594 e. The van der Waals surface area contributed by atoms with E-state index < -0.39 is 0 Å². The zero-order valence-corrected chi connectivity index (χ0v) is 7.82. The van der Waals surface area contributed by atoms with E-state index in [4.69, 9.17) is 5.11 Å². The van der Waals surface area contributed by atoms with Crippen molar-refractivity contribution in [3.8, 4) is 0 Å². The highest BCUT2D eigenvalue weighted by Crippen LogP contribution is 2.04. The average molecular weight is 163 g/mol. The van der Waals surface area contributed by atoms with Crippen LogP contribution in [0.15, 0.2) is 0 Å². The molecule has 1 unspecified atom stereocenters. The number of aliphatic hydroxyl groups excluding tert-OH is 1. The Morgan fingerprint density at radius 1 is 1.50 bits per heavy atom. The van der Waals surface area contributed by atoms with Crippen LogP contribution in [0.3, 0.4) is 0 Å². The highest BCUT2D eigenvalue weighted by molar-refractivity contribution is 7.99. The molecule has 0 saturated carbocycles. The summed E-state index contributed by atoms with van der Waals surface area (Å²) in [6.07, 6.45) is 0. The fourth-order valence-electron chi connectivity index (χ4n) is 0.619. The molecule has 0 spiro atoms. The first-order valence-electron chi connectivity index (χ1n) is 3.57. The minimum absolute atomic E-state index is 0.264. The van der Waals surface area contributed by atoms with Gasteiger partial charge < -0.3 is 10.0 Å². The summed E-state index contributed by atoms with van der Waals surface area (Å²) in [7, 11) is 3.99. The third-order valence-electron chi connectivity index (χ3n) is 1.46. The maximum absolute atomic E-state index is 8.87. The second-order valence-electron chi connectivity index (χ2n) is 2.46. The zero-order valence-electron chi connectivity index (χ0n) is 7.00. The van der Waals surface area contributed by atoms with Gasteiger partial charge in [0.25, 0.3) is 0 Å². The normalized spacial score (nSPS) is 14.1. The molecule has 0 aromatic carbocycles. The van der Waals surface area contributed by atoms with Gasteiger partial charge in [0.15, 0.2) is 0 Å². The molecular weight excluding hydrogens is 146 g/mol. The summed E-state index contributed by atoms with van der Waals surface area (Å²) in [5.41, 5.74) is 0. The maximum Gasteiger partial charge on any atom is 0.0594 e. The average Bonchev–Trinajstić information content (AvgIpc) is 1.89. The fraction of sp³-hybridized carbons (Fsp3) is 1.00. The van der Waals surface area contributed by atoms with Crippen LogP contribution in [-0.2, 0) is 0 Å². The summed E-state index contributed by atoms with van der Waals surface area (Å²) in [6.45, 7) is 2.40. The van der Waals surface area contributed by atoms with Crippen LogP contribution in [0.4, 0.5) is 0 Å². The molecule has 0 rings (SSSR count). The van der Waals surface area contributed by atoms with Crippen LogP contribution in [0.1, 0.15) is 6.92 Å². The standard InChI is InChI=1S/C7H17NOS/c1-4-10-6-7(5-9)8(2)3/h7,9H,4-6H2,1-3H3. The van der Waals surface area contributed by atoms with Crippen molar-refractivity contribution in [2.45, 2.75) is 13.0 Å². The van der Waals surface area contributed by atoms with Crippen LogP contribution in [0.2, 0.25) is 0 Å². The summed E-state index contributed by atoms with van der Waals surface area (Å²) in [5.74, 6) is 2.16. The van der Waals surface area contributed by atoms with Gasteiger partial charge in [-0.1, -0.05) is 6.92 Å². The van der Waals surface area contributed by atoms with Crippen molar-refractivity contribution >= 4 is 11.8 Å². The number of hydrogen-bond donors (Lipinski definition) is 1. The molecule has 0 aromatic heterocycles. The Morgan fingerprint density at radius 3 is 2.40 bits per heavy atom. The molecule has 1 N–H and O–H groups in total. The van der Waals surface area contributed by atoms with Crippen LogP contribution in [0.5, 0.6) is 0 Å². The lowest BCUT2D eigenvalue weighted by atomic mass is 10.3. The van der Waals surface area contributed by atoms with Gasteiger partial charge in [-0.2, -0.15) is 11.8 Å². The molecule has 0 amide bonds. The molecule has 0 aromatic rings. The van der Waals surface area contributed by atoms with Gasteiger partial charge in [0.1, 0.15) is 0 Å². The first-order chi connectivity index (χ1) is 4.72. The van der Waals surface area contributed by atoms with Crippen molar-refractivity contribution in [1.29, 1.82) is 0 Å². The van der Waals surface area contributed by atoms with Crippen LogP contribution in [0.25, 0.3) is 0 Å². The molecule has 0 saturated heterocycles.